The third-order valence-corrected chi connectivity index (χ3v) is 4.30. The fraction of sp³-hybridized carbons (Fsp3) is 0.111. The van der Waals surface area contributed by atoms with Crippen LogP contribution in [0.25, 0.3) is 11.0 Å². The van der Waals surface area contributed by atoms with E-state index in [1.807, 2.05) is 18.2 Å². The van der Waals surface area contributed by atoms with E-state index in [9.17, 15) is 9.18 Å². The molecule has 0 aliphatic rings. The van der Waals surface area contributed by atoms with Gasteiger partial charge in [-0.05, 0) is 29.8 Å². The van der Waals surface area contributed by atoms with Gasteiger partial charge in [-0.3, -0.25) is 4.79 Å². The Balaban J connectivity index is 1.34. The highest BCUT2D eigenvalue weighted by molar-refractivity contribution is 7.00. The number of para-hydroxylation sites is 1. The molecule has 0 atom stereocenters. The van der Waals surface area contributed by atoms with E-state index >= 15 is 0 Å². The van der Waals surface area contributed by atoms with Gasteiger partial charge in [0.05, 0.1) is 11.7 Å². The van der Waals surface area contributed by atoms with E-state index in [1.54, 1.807) is 12.1 Å². The Hall–Kier alpha value is -3.33. The number of nitrogens with one attached hydrogen (secondary N) is 1. The van der Waals surface area contributed by atoms with E-state index in [4.69, 9.17) is 9.15 Å². The fourth-order valence-corrected chi connectivity index (χ4v) is 2.91. The highest BCUT2D eigenvalue weighted by Crippen LogP contribution is 2.17. The van der Waals surface area contributed by atoms with Gasteiger partial charge in [0.2, 0.25) is 5.89 Å². The van der Waals surface area contributed by atoms with Gasteiger partial charge in [-0.1, -0.05) is 18.2 Å². The second kappa shape index (κ2) is 7.50. The largest absolute Gasteiger partial charge is 0.481 e. The Morgan fingerprint density at radius 3 is 2.93 bits per heavy atom. The van der Waals surface area contributed by atoms with Gasteiger partial charge < -0.3 is 14.5 Å². The molecular weight excluding hydrogens is 371 g/mol. The Morgan fingerprint density at radius 2 is 2.04 bits per heavy atom. The van der Waals surface area contributed by atoms with Gasteiger partial charge in [0, 0.05) is 6.54 Å². The van der Waals surface area contributed by atoms with Gasteiger partial charge in [-0.2, -0.15) is 8.75 Å². The zero-order chi connectivity index (χ0) is 18.6. The molecule has 0 aliphatic carbocycles. The van der Waals surface area contributed by atoms with Crippen LogP contribution in [0.15, 0.2) is 53.1 Å². The maximum atomic E-state index is 13.5. The Bertz CT molecular complexity index is 1090. The first-order valence-corrected chi connectivity index (χ1v) is 8.73. The van der Waals surface area contributed by atoms with E-state index in [2.05, 4.69) is 19.0 Å². The molecule has 1 N–H and O–H groups in total. The molecule has 0 saturated carbocycles. The summed E-state index contributed by atoms with van der Waals surface area (Å²) in [6, 6.07) is 11.6. The lowest BCUT2D eigenvalue weighted by Gasteiger charge is -2.04. The third-order valence-electron chi connectivity index (χ3n) is 3.74. The molecule has 7 nitrogen and oxygen atoms in total. The standard InChI is InChI=1S/C18H13FN4O3S/c19-12-3-1-2-4-16(12)25-10-17-21-15(9-26-17)18(24)20-8-11-5-6-13-14(7-11)23-27-22-13/h1-7,9H,8,10H2,(H,20,24). The summed E-state index contributed by atoms with van der Waals surface area (Å²) in [5.41, 5.74) is 2.64. The molecule has 136 valence electrons. The first kappa shape index (κ1) is 17.1. The van der Waals surface area contributed by atoms with Crippen molar-refractivity contribution < 1.29 is 18.3 Å². The maximum Gasteiger partial charge on any atom is 0.273 e. The van der Waals surface area contributed by atoms with Gasteiger partial charge in [0.1, 0.15) is 17.3 Å². The SMILES string of the molecule is O=C(NCc1ccc2nsnc2c1)c1coc(COc2ccccc2F)n1. The van der Waals surface area contributed by atoms with Crippen molar-refractivity contribution in [2.45, 2.75) is 13.2 Å². The van der Waals surface area contributed by atoms with Crippen molar-refractivity contribution in [3.8, 4) is 5.75 Å². The van der Waals surface area contributed by atoms with Crippen molar-refractivity contribution in [2.24, 2.45) is 0 Å². The smallest absolute Gasteiger partial charge is 0.273 e. The normalized spacial score (nSPS) is 10.9. The lowest BCUT2D eigenvalue weighted by molar-refractivity contribution is 0.0946. The van der Waals surface area contributed by atoms with Crippen LogP contribution in [0.5, 0.6) is 5.75 Å². The Kier molecular flexibility index (Phi) is 4.75. The Morgan fingerprint density at radius 1 is 1.19 bits per heavy atom. The van der Waals surface area contributed by atoms with Crippen molar-refractivity contribution in [3.63, 3.8) is 0 Å². The minimum atomic E-state index is -0.477. The molecule has 0 bridgehead atoms. The molecule has 0 aliphatic heterocycles. The quantitative estimate of drug-likeness (QED) is 0.548. The topological polar surface area (TPSA) is 90.1 Å². The number of amides is 1. The van der Waals surface area contributed by atoms with Crippen molar-refractivity contribution in [1.29, 1.82) is 0 Å². The number of aromatic nitrogens is 3. The van der Waals surface area contributed by atoms with Crippen LogP contribution in [0.3, 0.4) is 0 Å². The average Bonchev–Trinajstić information content (AvgIpc) is 3.34. The number of benzene rings is 2. The molecule has 2 heterocycles. The number of hydrogen-bond donors (Lipinski definition) is 1. The van der Waals surface area contributed by atoms with Crippen LogP contribution in [0.2, 0.25) is 0 Å². The number of carbonyl (C=O) groups excluding carboxylic acids is 1. The second-order valence-corrected chi connectivity index (χ2v) is 6.14. The zero-order valence-electron chi connectivity index (χ0n) is 13.9. The summed E-state index contributed by atoms with van der Waals surface area (Å²) < 4.78 is 32.3. The molecule has 0 radical (unpaired) electrons. The van der Waals surface area contributed by atoms with Crippen LogP contribution < -0.4 is 10.1 Å². The van der Waals surface area contributed by atoms with Gasteiger partial charge in [0.25, 0.3) is 5.91 Å². The molecule has 1 amide bonds. The highest BCUT2D eigenvalue weighted by Gasteiger charge is 2.13. The van der Waals surface area contributed by atoms with E-state index in [0.29, 0.717) is 6.54 Å². The molecule has 0 unspecified atom stereocenters. The third kappa shape index (κ3) is 3.93. The molecule has 4 aromatic rings. The number of fused-ring (bicyclic) bond motifs is 1. The summed E-state index contributed by atoms with van der Waals surface area (Å²) in [5.74, 6) is -0.589. The van der Waals surface area contributed by atoms with Crippen LogP contribution in [0.4, 0.5) is 4.39 Å². The van der Waals surface area contributed by atoms with Crippen LogP contribution in [-0.2, 0) is 13.2 Å². The minimum Gasteiger partial charge on any atom is -0.481 e. The van der Waals surface area contributed by atoms with Crippen molar-refractivity contribution >= 4 is 28.7 Å². The monoisotopic (exact) mass is 384 g/mol. The van der Waals surface area contributed by atoms with Crippen LogP contribution in [-0.4, -0.2) is 19.6 Å². The molecule has 9 heteroatoms. The number of nitrogens with zero attached hydrogens (tertiary/aromatic N) is 3. The summed E-state index contributed by atoms with van der Waals surface area (Å²) in [6.45, 7) is 0.238. The van der Waals surface area contributed by atoms with Crippen LogP contribution in [0.1, 0.15) is 21.9 Å². The first-order valence-electron chi connectivity index (χ1n) is 8.00. The molecule has 4 rings (SSSR count). The van der Waals surface area contributed by atoms with Crippen LogP contribution in [0, 0.1) is 5.82 Å². The summed E-state index contributed by atoms with van der Waals surface area (Å²) in [7, 11) is 0. The number of hydrogen-bond acceptors (Lipinski definition) is 7. The first-order chi connectivity index (χ1) is 13.2. The van der Waals surface area contributed by atoms with Gasteiger partial charge in [-0.15, -0.1) is 0 Å². The number of carbonyl (C=O) groups is 1. The van der Waals surface area contributed by atoms with E-state index in [0.717, 1.165) is 28.3 Å². The summed E-state index contributed by atoms with van der Waals surface area (Å²) >= 11 is 1.14. The second-order valence-electron chi connectivity index (χ2n) is 5.62. The van der Waals surface area contributed by atoms with Crippen LogP contribution >= 0.6 is 11.7 Å². The summed E-state index contributed by atoms with van der Waals surface area (Å²) in [5, 5.41) is 2.76. The number of oxazole rings is 1. The van der Waals surface area contributed by atoms with Gasteiger partial charge >= 0.3 is 0 Å². The molecule has 27 heavy (non-hydrogen) atoms. The van der Waals surface area contributed by atoms with E-state index in [1.165, 1.54) is 18.4 Å². The lowest BCUT2D eigenvalue weighted by atomic mass is 10.2. The lowest BCUT2D eigenvalue weighted by Crippen LogP contribution is -2.23. The summed E-state index contributed by atoms with van der Waals surface area (Å²) in [6.07, 6.45) is 1.24. The molecule has 0 spiro atoms. The molecule has 0 fully saturated rings. The number of ether oxygens (including phenoxy) is 1. The fourth-order valence-electron chi connectivity index (χ4n) is 2.39. The van der Waals surface area contributed by atoms with Crippen molar-refractivity contribution in [1.82, 2.24) is 19.0 Å². The van der Waals surface area contributed by atoms with Crippen molar-refractivity contribution in [3.05, 3.63) is 71.7 Å². The highest BCUT2D eigenvalue weighted by atomic mass is 32.1. The number of rotatable bonds is 6. The minimum absolute atomic E-state index is 0.0816. The molecule has 0 saturated heterocycles. The summed E-state index contributed by atoms with van der Waals surface area (Å²) in [4.78, 5) is 16.3. The molecular formula is C18H13FN4O3S. The van der Waals surface area contributed by atoms with E-state index < -0.39 is 5.82 Å². The van der Waals surface area contributed by atoms with E-state index in [-0.39, 0.29) is 29.8 Å². The maximum absolute atomic E-state index is 13.5. The molecule has 2 aromatic heterocycles. The Labute approximate surface area is 157 Å². The van der Waals surface area contributed by atoms with Gasteiger partial charge in [-0.25, -0.2) is 9.37 Å². The molecule has 2 aromatic carbocycles. The average molecular weight is 384 g/mol. The zero-order valence-corrected chi connectivity index (χ0v) is 14.7. The predicted octanol–water partition coefficient (Wildman–Crippen LogP) is 3.33. The number of halogens is 1. The van der Waals surface area contributed by atoms with Crippen molar-refractivity contribution in [2.75, 3.05) is 0 Å². The van der Waals surface area contributed by atoms with Gasteiger partial charge in [0.15, 0.2) is 23.9 Å². The predicted molar refractivity (Wildman–Crippen MR) is 95.8 cm³/mol.